The summed E-state index contributed by atoms with van der Waals surface area (Å²) in [6.45, 7) is 12.5. The second-order valence-electron chi connectivity index (χ2n) is 12.4. The number of carbonyl (C=O) groups is 1. The molecule has 0 aromatic rings. The molecule has 0 unspecified atom stereocenters. The number of allylic oxidation sites excluding steroid dienone is 1. The van der Waals surface area contributed by atoms with Gasteiger partial charge in [0.05, 0.1) is 4.48 Å². The van der Waals surface area contributed by atoms with Crippen molar-refractivity contribution in [2.24, 2.45) is 46.3 Å². The predicted octanol–water partition coefficient (Wildman–Crippen LogP) is 8.71. The van der Waals surface area contributed by atoms with Crippen molar-refractivity contribution >= 4 is 21.7 Å². The van der Waals surface area contributed by atoms with Gasteiger partial charge in [-0.3, -0.25) is 4.79 Å². The molecule has 0 N–H and O–H groups in total. The Labute approximate surface area is 194 Å². The highest BCUT2D eigenvalue weighted by Crippen LogP contribution is 2.68. The summed E-state index contributed by atoms with van der Waals surface area (Å²) in [4.78, 5) is 12.3. The monoisotopic (exact) mass is 476 g/mol. The van der Waals surface area contributed by atoms with Crippen LogP contribution in [0.5, 0.6) is 0 Å². The fourth-order valence-corrected chi connectivity index (χ4v) is 9.69. The first kappa shape index (κ1) is 23.1. The molecule has 2 heteroatoms. The van der Waals surface area contributed by atoms with E-state index in [4.69, 9.17) is 0 Å². The van der Waals surface area contributed by atoms with Crippen LogP contribution >= 0.6 is 15.9 Å². The van der Waals surface area contributed by atoms with Crippen LogP contribution in [0.25, 0.3) is 0 Å². The van der Waals surface area contributed by atoms with E-state index in [0.717, 1.165) is 59.3 Å². The molecule has 7 atom stereocenters. The fraction of sp³-hybridized carbons (Fsp3) is 0.893. The Morgan fingerprint density at radius 3 is 2.40 bits per heavy atom. The Morgan fingerprint density at radius 1 is 0.933 bits per heavy atom. The molecule has 4 rings (SSSR count). The van der Waals surface area contributed by atoms with E-state index in [1.807, 2.05) is 0 Å². The number of hydrogen-bond acceptors (Lipinski definition) is 1. The lowest BCUT2D eigenvalue weighted by atomic mass is 9.46. The van der Waals surface area contributed by atoms with Gasteiger partial charge in [0.2, 0.25) is 0 Å². The summed E-state index contributed by atoms with van der Waals surface area (Å²) in [6.07, 6.45) is 15.8. The standard InChI is InChI=1S/C28H45BrO/c1-18(2)8-6-7-9-19(3)21-12-13-22-20-10-11-24-26(29)25(30)15-17-28(24,5)23(20)14-16-27(21,22)4/h18-23H,6-17H2,1-5H3/t19-,20+,21-,22+,23+,27-,28-/m1/s1. The van der Waals surface area contributed by atoms with E-state index in [1.165, 1.54) is 63.4 Å². The molecule has 30 heavy (non-hydrogen) atoms. The Bertz CT molecular complexity index is 693. The van der Waals surface area contributed by atoms with Gasteiger partial charge in [0.25, 0.3) is 0 Å². The van der Waals surface area contributed by atoms with Crippen molar-refractivity contribution in [3.63, 3.8) is 0 Å². The minimum Gasteiger partial charge on any atom is -0.294 e. The first-order chi connectivity index (χ1) is 14.2. The second-order valence-corrected chi connectivity index (χ2v) is 13.2. The normalized spacial score (nSPS) is 42.2. The molecular weight excluding hydrogens is 432 g/mol. The molecule has 1 nitrogen and oxygen atoms in total. The maximum atomic E-state index is 12.3. The van der Waals surface area contributed by atoms with E-state index in [0.29, 0.717) is 11.2 Å². The van der Waals surface area contributed by atoms with Crippen LogP contribution in [0.4, 0.5) is 0 Å². The number of Topliss-reactive ketones (excluding diaryl/α,β-unsaturated/α-hetero) is 1. The van der Waals surface area contributed by atoms with Crippen LogP contribution in [0, 0.1) is 46.3 Å². The lowest BCUT2D eigenvalue weighted by Crippen LogP contribution is -2.51. The summed E-state index contributed by atoms with van der Waals surface area (Å²) in [6, 6.07) is 0. The van der Waals surface area contributed by atoms with Crippen LogP contribution in [-0.4, -0.2) is 5.78 Å². The fourth-order valence-electron chi connectivity index (χ4n) is 8.84. The second kappa shape index (κ2) is 8.68. The van der Waals surface area contributed by atoms with Gasteiger partial charge in [-0.25, -0.2) is 0 Å². The number of ketones is 1. The number of hydrogen-bond donors (Lipinski definition) is 0. The molecule has 0 radical (unpaired) electrons. The van der Waals surface area contributed by atoms with Gasteiger partial charge in [0.1, 0.15) is 0 Å². The Hall–Kier alpha value is -0.110. The minimum absolute atomic E-state index is 0.275. The number of carbonyl (C=O) groups excluding carboxylic acids is 1. The predicted molar refractivity (Wildman–Crippen MR) is 131 cm³/mol. The maximum absolute atomic E-state index is 12.3. The average molecular weight is 478 g/mol. The lowest BCUT2D eigenvalue weighted by molar-refractivity contribution is -0.118. The van der Waals surface area contributed by atoms with Crippen molar-refractivity contribution in [2.75, 3.05) is 0 Å². The number of unbranched alkanes of at least 4 members (excludes halogenated alkanes) is 1. The molecule has 4 aliphatic rings. The first-order valence-electron chi connectivity index (χ1n) is 13.1. The summed E-state index contributed by atoms with van der Waals surface area (Å²) in [5, 5.41) is 0. The molecule has 0 amide bonds. The SMILES string of the molecule is CC(C)CCCC[C@@H](C)[C@H]1CC[C@H]2[C@@H]3CCC4=C(Br)C(=O)CC[C@]4(C)[C@H]3CC[C@]12C. The zero-order chi connectivity index (χ0) is 21.7. The van der Waals surface area contributed by atoms with Crippen molar-refractivity contribution < 1.29 is 4.79 Å². The van der Waals surface area contributed by atoms with E-state index < -0.39 is 0 Å². The van der Waals surface area contributed by atoms with E-state index >= 15 is 0 Å². The first-order valence-corrected chi connectivity index (χ1v) is 13.9. The molecule has 0 saturated heterocycles. The Morgan fingerprint density at radius 2 is 1.67 bits per heavy atom. The quantitative estimate of drug-likeness (QED) is 0.350. The van der Waals surface area contributed by atoms with Gasteiger partial charge in [0.15, 0.2) is 5.78 Å². The van der Waals surface area contributed by atoms with Crippen molar-refractivity contribution in [2.45, 2.75) is 112 Å². The topological polar surface area (TPSA) is 17.1 Å². The number of halogens is 1. The summed E-state index contributed by atoms with van der Waals surface area (Å²) >= 11 is 3.71. The van der Waals surface area contributed by atoms with Gasteiger partial charge in [-0.15, -0.1) is 0 Å². The van der Waals surface area contributed by atoms with Crippen LogP contribution < -0.4 is 0 Å². The molecule has 0 spiro atoms. The van der Waals surface area contributed by atoms with Gasteiger partial charge in [0, 0.05) is 6.42 Å². The molecular formula is C28H45BrO. The van der Waals surface area contributed by atoms with Crippen LogP contribution in [-0.2, 0) is 4.79 Å². The zero-order valence-electron chi connectivity index (χ0n) is 20.2. The van der Waals surface area contributed by atoms with Crippen molar-refractivity contribution in [1.29, 1.82) is 0 Å². The number of rotatable bonds is 6. The van der Waals surface area contributed by atoms with Crippen LogP contribution in [0.15, 0.2) is 10.1 Å². The third kappa shape index (κ3) is 3.80. The molecule has 0 heterocycles. The van der Waals surface area contributed by atoms with Gasteiger partial charge in [-0.2, -0.15) is 0 Å². The van der Waals surface area contributed by atoms with Crippen molar-refractivity contribution in [3.05, 3.63) is 10.1 Å². The van der Waals surface area contributed by atoms with Gasteiger partial charge >= 0.3 is 0 Å². The van der Waals surface area contributed by atoms with Gasteiger partial charge in [-0.05, 0) is 113 Å². The highest BCUT2D eigenvalue weighted by Gasteiger charge is 2.59. The van der Waals surface area contributed by atoms with Crippen LogP contribution in [0.3, 0.4) is 0 Å². The summed E-state index contributed by atoms with van der Waals surface area (Å²) < 4.78 is 0.961. The molecule has 170 valence electrons. The molecule has 4 aliphatic carbocycles. The molecule has 0 aromatic carbocycles. The van der Waals surface area contributed by atoms with Crippen molar-refractivity contribution in [3.8, 4) is 0 Å². The Kier molecular flexibility index (Phi) is 6.67. The summed E-state index contributed by atoms with van der Waals surface area (Å²) in [5.41, 5.74) is 2.33. The largest absolute Gasteiger partial charge is 0.294 e. The Balaban J connectivity index is 1.47. The van der Waals surface area contributed by atoms with Crippen molar-refractivity contribution in [1.82, 2.24) is 0 Å². The third-order valence-corrected chi connectivity index (χ3v) is 11.4. The van der Waals surface area contributed by atoms with E-state index in [-0.39, 0.29) is 5.41 Å². The minimum atomic E-state index is 0.275. The molecule has 0 aromatic heterocycles. The average Bonchev–Trinajstić information content (AvgIpc) is 3.05. The van der Waals surface area contributed by atoms with E-state index in [2.05, 4.69) is 50.5 Å². The summed E-state index contributed by atoms with van der Waals surface area (Å²) in [5.74, 6) is 5.66. The third-order valence-electron chi connectivity index (χ3n) is 10.5. The van der Waals surface area contributed by atoms with Crippen LogP contribution in [0.1, 0.15) is 112 Å². The highest BCUT2D eigenvalue weighted by atomic mass is 79.9. The molecule has 0 bridgehead atoms. The van der Waals surface area contributed by atoms with Gasteiger partial charge in [-0.1, -0.05) is 60.3 Å². The number of fused-ring (bicyclic) bond motifs is 5. The van der Waals surface area contributed by atoms with Gasteiger partial charge < -0.3 is 0 Å². The molecule has 0 aliphatic heterocycles. The maximum Gasteiger partial charge on any atom is 0.169 e. The van der Waals surface area contributed by atoms with E-state index in [1.54, 1.807) is 0 Å². The lowest BCUT2D eigenvalue weighted by Gasteiger charge is -2.58. The molecule has 3 fully saturated rings. The zero-order valence-corrected chi connectivity index (χ0v) is 21.8. The van der Waals surface area contributed by atoms with Crippen LogP contribution in [0.2, 0.25) is 0 Å². The highest BCUT2D eigenvalue weighted by molar-refractivity contribution is 9.12. The molecule has 3 saturated carbocycles. The summed E-state index contributed by atoms with van der Waals surface area (Å²) in [7, 11) is 0. The van der Waals surface area contributed by atoms with E-state index in [9.17, 15) is 4.79 Å². The smallest absolute Gasteiger partial charge is 0.169 e.